The lowest BCUT2D eigenvalue weighted by Gasteiger charge is -2.07. The highest BCUT2D eigenvalue weighted by atomic mass is 35.5. The molecule has 6 heteroatoms. The van der Waals surface area contributed by atoms with Crippen molar-refractivity contribution in [2.45, 2.75) is 32.7 Å². The summed E-state index contributed by atoms with van der Waals surface area (Å²) in [6, 6.07) is 14.1. The van der Waals surface area contributed by atoms with Gasteiger partial charge in [0.25, 0.3) is 0 Å². The number of hydrogen-bond acceptors (Lipinski definition) is 4. The Morgan fingerprint density at radius 1 is 1.24 bits per heavy atom. The standard InChI is InChI=1S/C19H21N3OS.ClH/c1-12-3-9-16-17(11-12)24-19(22-16)14-5-7-15(8-6-14)21-18(23)10-4-13(2)20;/h3,5-9,11,13H,4,10,20H2,1-2H3,(H,21,23);1H. The van der Waals surface area contributed by atoms with E-state index in [-0.39, 0.29) is 24.4 Å². The Hall–Kier alpha value is -1.95. The number of hydrogen-bond donors (Lipinski definition) is 2. The zero-order valence-corrected chi connectivity index (χ0v) is 15.9. The Morgan fingerprint density at radius 2 is 1.96 bits per heavy atom. The van der Waals surface area contributed by atoms with Gasteiger partial charge >= 0.3 is 0 Å². The van der Waals surface area contributed by atoms with E-state index < -0.39 is 0 Å². The van der Waals surface area contributed by atoms with Gasteiger partial charge in [0.2, 0.25) is 5.91 Å². The van der Waals surface area contributed by atoms with Crippen LogP contribution >= 0.6 is 23.7 Å². The molecule has 0 fully saturated rings. The number of rotatable bonds is 5. The molecule has 0 saturated carbocycles. The number of carbonyl (C=O) groups is 1. The second-order valence-corrected chi connectivity index (χ2v) is 7.16. The maximum absolute atomic E-state index is 11.8. The number of nitrogens with two attached hydrogens (primary N) is 1. The molecular weight excluding hydrogens is 354 g/mol. The van der Waals surface area contributed by atoms with E-state index in [9.17, 15) is 4.79 Å². The van der Waals surface area contributed by atoms with Crippen molar-refractivity contribution in [2.24, 2.45) is 5.73 Å². The molecule has 0 bridgehead atoms. The normalized spacial score (nSPS) is 11.8. The van der Waals surface area contributed by atoms with Gasteiger partial charge in [0, 0.05) is 23.7 Å². The first-order chi connectivity index (χ1) is 11.5. The molecule has 0 aliphatic rings. The number of anilines is 1. The zero-order chi connectivity index (χ0) is 17.1. The summed E-state index contributed by atoms with van der Waals surface area (Å²) in [7, 11) is 0. The number of aryl methyl sites for hydroxylation is 1. The molecule has 2 aromatic carbocycles. The Balaban J connectivity index is 0.00000225. The average Bonchev–Trinajstić information content (AvgIpc) is 2.96. The van der Waals surface area contributed by atoms with Crippen molar-refractivity contribution in [2.75, 3.05) is 5.32 Å². The Morgan fingerprint density at radius 3 is 2.64 bits per heavy atom. The zero-order valence-electron chi connectivity index (χ0n) is 14.3. The van der Waals surface area contributed by atoms with Crippen LogP contribution in [0.3, 0.4) is 0 Å². The van der Waals surface area contributed by atoms with E-state index in [2.05, 4.69) is 35.4 Å². The van der Waals surface area contributed by atoms with Crippen LogP contribution in [0.1, 0.15) is 25.3 Å². The Labute approximate surface area is 157 Å². The second kappa shape index (κ2) is 8.43. The van der Waals surface area contributed by atoms with Gasteiger partial charge in [-0.1, -0.05) is 6.07 Å². The smallest absolute Gasteiger partial charge is 0.224 e. The maximum atomic E-state index is 11.8. The minimum Gasteiger partial charge on any atom is -0.328 e. The minimum absolute atomic E-state index is 0. The molecule has 0 spiro atoms. The van der Waals surface area contributed by atoms with Crippen LogP contribution in [0.4, 0.5) is 5.69 Å². The van der Waals surface area contributed by atoms with Crippen molar-refractivity contribution < 1.29 is 4.79 Å². The summed E-state index contributed by atoms with van der Waals surface area (Å²) in [6.45, 7) is 3.99. The first-order valence-corrected chi connectivity index (χ1v) is 8.86. The fourth-order valence-electron chi connectivity index (χ4n) is 2.43. The van der Waals surface area contributed by atoms with E-state index in [0.717, 1.165) is 21.8 Å². The number of nitrogens with one attached hydrogen (secondary N) is 1. The summed E-state index contributed by atoms with van der Waals surface area (Å²) in [5.74, 6) is -0.00416. The van der Waals surface area contributed by atoms with Gasteiger partial charge in [0.05, 0.1) is 10.2 Å². The van der Waals surface area contributed by atoms with Crippen LogP contribution in [0.5, 0.6) is 0 Å². The van der Waals surface area contributed by atoms with Gasteiger partial charge in [-0.05, 0) is 62.2 Å². The largest absolute Gasteiger partial charge is 0.328 e. The fourth-order valence-corrected chi connectivity index (χ4v) is 3.50. The summed E-state index contributed by atoms with van der Waals surface area (Å²) >= 11 is 1.68. The summed E-state index contributed by atoms with van der Waals surface area (Å²) in [4.78, 5) is 16.5. The van der Waals surface area contributed by atoms with Gasteiger partial charge in [0.15, 0.2) is 0 Å². The molecule has 3 rings (SSSR count). The summed E-state index contributed by atoms with van der Waals surface area (Å²) in [5.41, 5.74) is 9.79. The van der Waals surface area contributed by atoms with Gasteiger partial charge in [0.1, 0.15) is 5.01 Å². The van der Waals surface area contributed by atoms with E-state index in [4.69, 9.17) is 5.73 Å². The van der Waals surface area contributed by atoms with Crippen LogP contribution in [0.25, 0.3) is 20.8 Å². The number of aromatic nitrogens is 1. The highest BCUT2D eigenvalue weighted by Crippen LogP contribution is 2.31. The predicted octanol–water partition coefficient (Wildman–Crippen LogP) is 4.76. The predicted molar refractivity (Wildman–Crippen MR) is 109 cm³/mol. The molecule has 0 radical (unpaired) electrons. The van der Waals surface area contributed by atoms with Crippen molar-refractivity contribution in [1.82, 2.24) is 4.98 Å². The van der Waals surface area contributed by atoms with Crippen LogP contribution in [0.2, 0.25) is 0 Å². The van der Waals surface area contributed by atoms with Crippen LogP contribution in [0.15, 0.2) is 42.5 Å². The summed E-state index contributed by atoms with van der Waals surface area (Å²) in [6.07, 6.45) is 1.13. The lowest BCUT2D eigenvalue weighted by Crippen LogP contribution is -2.19. The number of amides is 1. The number of nitrogens with zero attached hydrogens (tertiary/aromatic N) is 1. The topological polar surface area (TPSA) is 68.0 Å². The van der Waals surface area contributed by atoms with Crippen LogP contribution < -0.4 is 11.1 Å². The quantitative estimate of drug-likeness (QED) is 0.675. The van der Waals surface area contributed by atoms with Crippen LogP contribution in [-0.2, 0) is 4.79 Å². The molecule has 1 heterocycles. The van der Waals surface area contributed by atoms with Crippen molar-refractivity contribution in [1.29, 1.82) is 0 Å². The molecule has 132 valence electrons. The second-order valence-electron chi connectivity index (χ2n) is 6.13. The van der Waals surface area contributed by atoms with Crippen LogP contribution in [-0.4, -0.2) is 16.9 Å². The van der Waals surface area contributed by atoms with E-state index in [1.165, 1.54) is 10.3 Å². The van der Waals surface area contributed by atoms with Gasteiger partial charge < -0.3 is 11.1 Å². The molecule has 3 N–H and O–H groups in total. The van der Waals surface area contributed by atoms with Crippen molar-refractivity contribution in [3.63, 3.8) is 0 Å². The Bertz CT molecular complexity index is 859. The number of carbonyl (C=O) groups excluding carboxylic acids is 1. The SMILES string of the molecule is Cc1ccc2nc(-c3ccc(NC(=O)CCC(C)N)cc3)sc2c1.Cl. The molecule has 1 unspecified atom stereocenters. The molecule has 0 saturated heterocycles. The third-order valence-electron chi connectivity index (χ3n) is 3.79. The number of benzene rings is 2. The van der Waals surface area contributed by atoms with Crippen molar-refractivity contribution in [3.05, 3.63) is 48.0 Å². The summed E-state index contributed by atoms with van der Waals surface area (Å²) < 4.78 is 1.19. The first-order valence-electron chi connectivity index (χ1n) is 8.04. The first kappa shape index (κ1) is 19.4. The summed E-state index contributed by atoms with van der Waals surface area (Å²) in [5, 5.41) is 3.89. The van der Waals surface area contributed by atoms with Gasteiger partial charge in [-0.2, -0.15) is 0 Å². The third-order valence-corrected chi connectivity index (χ3v) is 4.85. The average molecular weight is 376 g/mol. The van der Waals surface area contributed by atoms with Gasteiger partial charge in [-0.25, -0.2) is 4.98 Å². The molecule has 25 heavy (non-hydrogen) atoms. The van der Waals surface area contributed by atoms with Crippen LogP contribution in [0, 0.1) is 6.92 Å². The third kappa shape index (κ3) is 5.01. The van der Waals surface area contributed by atoms with E-state index in [1.807, 2.05) is 31.2 Å². The van der Waals surface area contributed by atoms with Crippen molar-refractivity contribution in [3.8, 4) is 10.6 Å². The molecule has 4 nitrogen and oxygen atoms in total. The highest BCUT2D eigenvalue weighted by Gasteiger charge is 2.08. The number of halogens is 1. The minimum atomic E-state index is -0.00416. The molecule has 0 aliphatic heterocycles. The monoisotopic (exact) mass is 375 g/mol. The molecule has 3 aromatic rings. The molecular formula is C19H22ClN3OS. The van der Waals surface area contributed by atoms with Crippen molar-refractivity contribution >= 4 is 45.6 Å². The van der Waals surface area contributed by atoms with Gasteiger partial charge in [-0.15, -0.1) is 23.7 Å². The Kier molecular flexibility index (Phi) is 6.53. The number of fused-ring (bicyclic) bond motifs is 1. The highest BCUT2D eigenvalue weighted by molar-refractivity contribution is 7.21. The molecule has 1 amide bonds. The van der Waals surface area contributed by atoms with E-state index in [0.29, 0.717) is 12.8 Å². The van der Waals surface area contributed by atoms with E-state index >= 15 is 0 Å². The lowest BCUT2D eigenvalue weighted by molar-refractivity contribution is -0.116. The molecule has 1 aromatic heterocycles. The number of thiazole rings is 1. The van der Waals surface area contributed by atoms with Gasteiger partial charge in [-0.3, -0.25) is 4.79 Å². The van der Waals surface area contributed by atoms with E-state index in [1.54, 1.807) is 11.3 Å². The maximum Gasteiger partial charge on any atom is 0.224 e. The lowest BCUT2D eigenvalue weighted by atomic mass is 10.2. The molecule has 1 atom stereocenters. The fraction of sp³-hybridized carbons (Fsp3) is 0.263. The molecule has 0 aliphatic carbocycles.